The highest BCUT2D eigenvalue weighted by molar-refractivity contribution is 7.98. The van der Waals surface area contributed by atoms with Gasteiger partial charge < -0.3 is 11.1 Å². The van der Waals surface area contributed by atoms with Crippen molar-refractivity contribution in [3.63, 3.8) is 0 Å². The van der Waals surface area contributed by atoms with E-state index in [9.17, 15) is 4.79 Å². The molecule has 18 heavy (non-hydrogen) atoms. The van der Waals surface area contributed by atoms with E-state index in [1.807, 2.05) is 30.5 Å². The SMILES string of the molecule is CSc1ccccc1NC(=O)c1cccnc1N. The van der Waals surface area contributed by atoms with Crippen molar-refractivity contribution >= 4 is 29.2 Å². The molecule has 3 N–H and O–H groups in total. The highest BCUT2D eigenvalue weighted by Crippen LogP contribution is 2.25. The summed E-state index contributed by atoms with van der Waals surface area (Å²) in [5, 5.41) is 2.84. The Bertz CT molecular complexity index is 572. The Labute approximate surface area is 110 Å². The average molecular weight is 259 g/mol. The van der Waals surface area contributed by atoms with E-state index >= 15 is 0 Å². The van der Waals surface area contributed by atoms with Crippen LogP contribution in [-0.2, 0) is 0 Å². The van der Waals surface area contributed by atoms with Gasteiger partial charge >= 0.3 is 0 Å². The third-order valence-electron chi connectivity index (χ3n) is 2.44. The minimum Gasteiger partial charge on any atom is -0.383 e. The van der Waals surface area contributed by atoms with E-state index in [-0.39, 0.29) is 11.7 Å². The Morgan fingerprint density at radius 2 is 2.06 bits per heavy atom. The van der Waals surface area contributed by atoms with Crippen molar-refractivity contribution in [1.82, 2.24) is 4.98 Å². The number of aromatic nitrogens is 1. The zero-order valence-electron chi connectivity index (χ0n) is 9.88. The average Bonchev–Trinajstić information content (AvgIpc) is 2.39. The molecule has 0 fully saturated rings. The number of nitrogens with zero attached hydrogens (tertiary/aromatic N) is 1. The minimum absolute atomic E-state index is 0.233. The lowest BCUT2D eigenvalue weighted by Gasteiger charge is -2.09. The number of anilines is 2. The van der Waals surface area contributed by atoms with Crippen molar-refractivity contribution in [2.75, 3.05) is 17.3 Å². The Morgan fingerprint density at radius 1 is 1.28 bits per heavy atom. The second-order valence-corrected chi connectivity index (χ2v) is 4.44. The van der Waals surface area contributed by atoms with Crippen LogP contribution in [0.3, 0.4) is 0 Å². The van der Waals surface area contributed by atoms with Crippen LogP contribution >= 0.6 is 11.8 Å². The number of carbonyl (C=O) groups is 1. The molecule has 0 aliphatic carbocycles. The number of pyridine rings is 1. The fourth-order valence-electron chi connectivity index (χ4n) is 1.55. The lowest BCUT2D eigenvalue weighted by atomic mass is 10.2. The lowest BCUT2D eigenvalue weighted by Crippen LogP contribution is -2.15. The van der Waals surface area contributed by atoms with Crippen molar-refractivity contribution in [3.8, 4) is 0 Å². The zero-order chi connectivity index (χ0) is 13.0. The number of para-hydroxylation sites is 1. The number of amides is 1. The van der Waals surface area contributed by atoms with Crippen LogP contribution in [0.4, 0.5) is 11.5 Å². The van der Waals surface area contributed by atoms with Crippen LogP contribution in [0.5, 0.6) is 0 Å². The Balaban J connectivity index is 2.24. The van der Waals surface area contributed by atoms with E-state index < -0.39 is 0 Å². The van der Waals surface area contributed by atoms with Gasteiger partial charge in [0.05, 0.1) is 11.3 Å². The van der Waals surface area contributed by atoms with Crippen LogP contribution in [0, 0.1) is 0 Å². The summed E-state index contributed by atoms with van der Waals surface area (Å²) in [6.45, 7) is 0. The number of thioether (sulfide) groups is 1. The summed E-state index contributed by atoms with van der Waals surface area (Å²) < 4.78 is 0. The van der Waals surface area contributed by atoms with E-state index in [0.29, 0.717) is 5.56 Å². The highest BCUT2D eigenvalue weighted by atomic mass is 32.2. The Kier molecular flexibility index (Phi) is 3.84. The molecule has 4 nitrogen and oxygen atoms in total. The van der Waals surface area contributed by atoms with Gasteiger partial charge in [-0.05, 0) is 30.5 Å². The van der Waals surface area contributed by atoms with Crippen LogP contribution < -0.4 is 11.1 Å². The summed E-state index contributed by atoms with van der Waals surface area (Å²) in [7, 11) is 0. The number of nitrogen functional groups attached to an aromatic ring is 1. The molecule has 0 bridgehead atoms. The molecule has 92 valence electrons. The molecular formula is C13H13N3OS. The number of hydrogen-bond donors (Lipinski definition) is 2. The lowest BCUT2D eigenvalue weighted by molar-refractivity contribution is 0.102. The van der Waals surface area contributed by atoms with E-state index in [2.05, 4.69) is 10.3 Å². The summed E-state index contributed by atoms with van der Waals surface area (Å²) in [4.78, 5) is 17.0. The molecule has 0 aliphatic rings. The first-order chi connectivity index (χ1) is 8.72. The summed E-state index contributed by atoms with van der Waals surface area (Å²) in [6, 6.07) is 11.0. The summed E-state index contributed by atoms with van der Waals surface area (Å²) in [6.07, 6.45) is 3.52. The zero-order valence-corrected chi connectivity index (χ0v) is 10.7. The number of benzene rings is 1. The smallest absolute Gasteiger partial charge is 0.259 e. The fraction of sp³-hybridized carbons (Fsp3) is 0.0769. The van der Waals surface area contributed by atoms with Crippen molar-refractivity contribution in [2.45, 2.75) is 4.90 Å². The van der Waals surface area contributed by atoms with Gasteiger partial charge in [0.25, 0.3) is 5.91 Å². The fourth-order valence-corrected chi connectivity index (χ4v) is 2.10. The van der Waals surface area contributed by atoms with E-state index in [0.717, 1.165) is 10.6 Å². The third kappa shape index (κ3) is 2.62. The van der Waals surface area contributed by atoms with E-state index in [1.165, 1.54) is 0 Å². The molecule has 0 spiro atoms. The normalized spacial score (nSPS) is 10.1. The van der Waals surface area contributed by atoms with Gasteiger partial charge in [-0.3, -0.25) is 4.79 Å². The van der Waals surface area contributed by atoms with Gasteiger partial charge in [-0.1, -0.05) is 12.1 Å². The van der Waals surface area contributed by atoms with Crippen molar-refractivity contribution < 1.29 is 4.79 Å². The van der Waals surface area contributed by atoms with Crippen LogP contribution in [-0.4, -0.2) is 17.1 Å². The van der Waals surface area contributed by atoms with Crippen molar-refractivity contribution in [2.24, 2.45) is 0 Å². The maximum Gasteiger partial charge on any atom is 0.259 e. The van der Waals surface area contributed by atoms with Gasteiger partial charge in [-0.2, -0.15) is 0 Å². The second kappa shape index (κ2) is 5.55. The van der Waals surface area contributed by atoms with Gasteiger partial charge in [0, 0.05) is 11.1 Å². The van der Waals surface area contributed by atoms with Gasteiger partial charge in [0.1, 0.15) is 5.82 Å². The summed E-state index contributed by atoms with van der Waals surface area (Å²) >= 11 is 1.58. The van der Waals surface area contributed by atoms with Crippen LogP contribution in [0.15, 0.2) is 47.5 Å². The maximum atomic E-state index is 12.1. The molecule has 0 saturated heterocycles. The highest BCUT2D eigenvalue weighted by Gasteiger charge is 2.11. The predicted molar refractivity (Wildman–Crippen MR) is 74.8 cm³/mol. The molecular weight excluding hydrogens is 246 g/mol. The predicted octanol–water partition coefficient (Wildman–Crippen LogP) is 2.64. The largest absolute Gasteiger partial charge is 0.383 e. The first-order valence-corrected chi connectivity index (χ1v) is 6.59. The van der Waals surface area contributed by atoms with Gasteiger partial charge in [0.15, 0.2) is 0 Å². The quantitative estimate of drug-likeness (QED) is 0.831. The second-order valence-electron chi connectivity index (χ2n) is 3.59. The van der Waals surface area contributed by atoms with Crippen LogP contribution in [0.2, 0.25) is 0 Å². The molecule has 1 aromatic heterocycles. The maximum absolute atomic E-state index is 12.1. The van der Waals surface area contributed by atoms with E-state index in [4.69, 9.17) is 5.73 Å². The monoisotopic (exact) mass is 259 g/mol. The summed E-state index contributed by atoms with van der Waals surface area (Å²) in [5.74, 6) is -0.0151. The number of nitrogens with two attached hydrogens (primary N) is 1. The first kappa shape index (κ1) is 12.4. The minimum atomic E-state index is -0.248. The molecule has 0 aliphatic heterocycles. The summed E-state index contributed by atoms with van der Waals surface area (Å²) in [5.41, 5.74) is 6.83. The number of rotatable bonds is 3. The molecule has 1 heterocycles. The molecule has 1 amide bonds. The van der Waals surface area contributed by atoms with Gasteiger partial charge in [0.2, 0.25) is 0 Å². The molecule has 0 saturated carbocycles. The Hall–Kier alpha value is -2.01. The van der Waals surface area contributed by atoms with Crippen molar-refractivity contribution in [3.05, 3.63) is 48.2 Å². The molecule has 5 heteroatoms. The molecule has 0 atom stereocenters. The number of carbonyl (C=O) groups excluding carboxylic acids is 1. The molecule has 2 aromatic rings. The standard InChI is InChI=1S/C13H13N3OS/c1-18-11-7-3-2-6-10(11)16-13(17)9-5-4-8-15-12(9)14/h2-8H,1H3,(H2,14,15)(H,16,17). The van der Waals surface area contributed by atoms with Gasteiger partial charge in [-0.25, -0.2) is 4.98 Å². The Morgan fingerprint density at radius 3 is 2.78 bits per heavy atom. The van der Waals surface area contributed by atoms with Crippen molar-refractivity contribution in [1.29, 1.82) is 0 Å². The first-order valence-electron chi connectivity index (χ1n) is 5.37. The number of hydrogen-bond acceptors (Lipinski definition) is 4. The molecule has 1 aromatic carbocycles. The molecule has 0 unspecified atom stereocenters. The number of nitrogens with one attached hydrogen (secondary N) is 1. The topological polar surface area (TPSA) is 68.0 Å². The van der Waals surface area contributed by atoms with Crippen LogP contribution in [0.1, 0.15) is 10.4 Å². The molecule has 2 rings (SSSR count). The van der Waals surface area contributed by atoms with Crippen LogP contribution in [0.25, 0.3) is 0 Å². The third-order valence-corrected chi connectivity index (χ3v) is 3.23. The van der Waals surface area contributed by atoms with E-state index in [1.54, 1.807) is 30.1 Å². The van der Waals surface area contributed by atoms with Gasteiger partial charge in [-0.15, -0.1) is 11.8 Å². The molecule has 0 radical (unpaired) electrons.